The van der Waals surface area contributed by atoms with Crippen LogP contribution in [0.1, 0.15) is 25.0 Å². The van der Waals surface area contributed by atoms with Gasteiger partial charge in [0.25, 0.3) is 0 Å². The molecule has 2 amide bonds. The molecule has 0 fully saturated rings. The van der Waals surface area contributed by atoms with Crippen molar-refractivity contribution in [1.82, 2.24) is 0 Å². The van der Waals surface area contributed by atoms with Gasteiger partial charge in [-0.2, -0.15) is 0 Å². The number of hydrogen-bond acceptors (Lipinski definition) is 3. The first-order valence-electron chi connectivity index (χ1n) is 8.70. The van der Waals surface area contributed by atoms with Crippen LogP contribution >= 0.6 is 0 Å². The summed E-state index contributed by atoms with van der Waals surface area (Å²) < 4.78 is 5.31. The second kappa shape index (κ2) is 6.83. The van der Waals surface area contributed by atoms with E-state index in [1.54, 1.807) is 31.9 Å². The lowest BCUT2D eigenvalue weighted by Gasteiger charge is -2.29. The maximum Gasteiger partial charge on any atom is 0.242 e. The van der Waals surface area contributed by atoms with Crippen molar-refractivity contribution in [2.75, 3.05) is 23.9 Å². The van der Waals surface area contributed by atoms with Crippen molar-refractivity contribution >= 4 is 23.2 Å². The molecule has 0 saturated carbocycles. The highest BCUT2D eigenvalue weighted by atomic mass is 16.5. The Morgan fingerprint density at radius 1 is 1.15 bits per heavy atom. The zero-order valence-corrected chi connectivity index (χ0v) is 15.6. The molecular formula is C21H24N2O3. The summed E-state index contributed by atoms with van der Waals surface area (Å²) in [4.78, 5) is 27.7. The molecule has 5 nitrogen and oxygen atoms in total. The number of anilines is 2. The lowest BCUT2D eigenvalue weighted by atomic mass is 9.90. The van der Waals surface area contributed by atoms with Crippen LogP contribution in [-0.2, 0) is 16.0 Å². The summed E-state index contributed by atoms with van der Waals surface area (Å²) in [6, 6.07) is 13.4. The molecule has 5 heteroatoms. The number of amides is 2. The number of carbonyl (C=O) groups is 2. The molecule has 1 N–H and O–H groups in total. The number of hydrogen-bond donors (Lipinski definition) is 1. The molecule has 0 unspecified atom stereocenters. The highest BCUT2D eigenvalue weighted by Crippen LogP contribution is 2.33. The molecule has 0 bridgehead atoms. The van der Waals surface area contributed by atoms with Crippen LogP contribution in [0.15, 0.2) is 42.5 Å². The summed E-state index contributed by atoms with van der Waals surface area (Å²) in [7, 11) is 1.55. The fourth-order valence-electron chi connectivity index (χ4n) is 3.18. The van der Waals surface area contributed by atoms with Gasteiger partial charge in [-0.1, -0.05) is 24.3 Å². The van der Waals surface area contributed by atoms with E-state index < -0.39 is 5.41 Å². The molecule has 0 spiro atoms. The molecule has 1 heterocycles. The highest BCUT2D eigenvalue weighted by molar-refractivity contribution is 6.15. The Kier molecular flexibility index (Phi) is 4.72. The average Bonchev–Trinajstić information content (AvgIpc) is 3.05. The summed E-state index contributed by atoms with van der Waals surface area (Å²) in [6.45, 7) is 5.86. The summed E-state index contributed by atoms with van der Waals surface area (Å²) in [5.74, 6) is 0.0149. The number of benzene rings is 2. The van der Waals surface area contributed by atoms with Gasteiger partial charge >= 0.3 is 0 Å². The smallest absolute Gasteiger partial charge is 0.242 e. The Morgan fingerprint density at radius 2 is 1.88 bits per heavy atom. The van der Waals surface area contributed by atoms with E-state index in [9.17, 15) is 9.59 Å². The second-order valence-corrected chi connectivity index (χ2v) is 7.12. The van der Waals surface area contributed by atoms with Gasteiger partial charge in [0.1, 0.15) is 11.2 Å². The Labute approximate surface area is 154 Å². The van der Waals surface area contributed by atoms with E-state index in [0.29, 0.717) is 18.0 Å². The number of rotatable bonds is 4. The average molecular weight is 352 g/mol. The monoisotopic (exact) mass is 352 g/mol. The van der Waals surface area contributed by atoms with Gasteiger partial charge in [0.2, 0.25) is 11.8 Å². The Balaban J connectivity index is 1.83. The maximum absolute atomic E-state index is 13.1. The summed E-state index contributed by atoms with van der Waals surface area (Å²) >= 11 is 0. The molecular weight excluding hydrogens is 328 g/mol. The van der Waals surface area contributed by atoms with E-state index in [1.807, 2.05) is 43.3 Å². The molecule has 3 rings (SSSR count). The van der Waals surface area contributed by atoms with Crippen LogP contribution in [0.25, 0.3) is 0 Å². The third kappa shape index (κ3) is 3.17. The van der Waals surface area contributed by atoms with Gasteiger partial charge in [-0.05, 0) is 56.5 Å². The fourth-order valence-corrected chi connectivity index (χ4v) is 3.18. The normalized spacial score (nSPS) is 13.3. The molecule has 1 aliphatic heterocycles. The molecule has 0 aliphatic carbocycles. The van der Waals surface area contributed by atoms with Crippen LogP contribution in [-0.4, -0.2) is 25.5 Å². The molecule has 136 valence electrons. The third-order valence-electron chi connectivity index (χ3n) is 4.84. The second-order valence-electron chi connectivity index (χ2n) is 7.12. The Hall–Kier alpha value is -2.82. The van der Waals surface area contributed by atoms with Crippen molar-refractivity contribution in [3.05, 3.63) is 53.6 Å². The van der Waals surface area contributed by atoms with Gasteiger partial charge in [0, 0.05) is 12.2 Å². The van der Waals surface area contributed by atoms with E-state index in [4.69, 9.17) is 4.74 Å². The standard InChI is InChI=1S/C21H24N2O3/c1-14-9-10-18(26-4)16(13-14)22-19(24)21(2,3)20(25)23-12-11-15-7-5-6-8-17(15)23/h5-10,13H,11-12H2,1-4H3,(H,22,24). The van der Waals surface area contributed by atoms with Crippen LogP contribution in [0.5, 0.6) is 5.75 Å². The van der Waals surface area contributed by atoms with Gasteiger partial charge in [0.05, 0.1) is 12.8 Å². The van der Waals surface area contributed by atoms with Crippen molar-refractivity contribution < 1.29 is 14.3 Å². The number of para-hydroxylation sites is 1. The van der Waals surface area contributed by atoms with Crippen LogP contribution in [0.4, 0.5) is 11.4 Å². The largest absolute Gasteiger partial charge is 0.495 e. The van der Waals surface area contributed by atoms with E-state index in [2.05, 4.69) is 5.32 Å². The molecule has 26 heavy (non-hydrogen) atoms. The summed E-state index contributed by atoms with van der Waals surface area (Å²) in [5.41, 5.74) is 2.40. The number of methoxy groups -OCH3 is 1. The van der Waals surface area contributed by atoms with E-state index in [0.717, 1.165) is 23.2 Å². The number of fused-ring (bicyclic) bond motifs is 1. The lowest BCUT2D eigenvalue weighted by molar-refractivity contribution is -0.136. The third-order valence-corrected chi connectivity index (χ3v) is 4.84. The van der Waals surface area contributed by atoms with Crippen molar-refractivity contribution in [1.29, 1.82) is 0 Å². The Morgan fingerprint density at radius 3 is 2.62 bits per heavy atom. The molecule has 0 radical (unpaired) electrons. The predicted molar refractivity (Wildman–Crippen MR) is 103 cm³/mol. The highest BCUT2D eigenvalue weighted by Gasteiger charge is 2.41. The van der Waals surface area contributed by atoms with Crippen molar-refractivity contribution in [2.24, 2.45) is 5.41 Å². The minimum atomic E-state index is -1.20. The minimum absolute atomic E-state index is 0.202. The number of nitrogens with one attached hydrogen (secondary N) is 1. The summed E-state index contributed by atoms with van der Waals surface area (Å²) in [5, 5.41) is 2.86. The molecule has 2 aromatic carbocycles. The number of aryl methyl sites for hydroxylation is 1. The topological polar surface area (TPSA) is 58.6 Å². The number of carbonyl (C=O) groups excluding carboxylic acids is 2. The first-order chi connectivity index (χ1) is 12.3. The maximum atomic E-state index is 13.1. The fraction of sp³-hybridized carbons (Fsp3) is 0.333. The van der Waals surface area contributed by atoms with Crippen LogP contribution in [0.3, 0.4) is 0 Å². The van der Waals surface area contributed by atoms with Gasteiger partial charge in [-0.15, -0.1) is 0 Å². The lowest BCUT2D eigenvalue weighted by Crippen LogP contribution is -2.47. The van der Waals surface area contributed by atoms with E-state index in [-0.39, 0.29) is 11.8 Å². The zero-order valence-electron chi connectivity index (χ0n) is 15.6. The molecule has 1 aliphatic rings. The number of ether oxygens (including phenoxy) is 1. The van der Waals surface area contributed by atoms with E-state index in [1.165, 1.54) is 0 Å². The molecule has 2 aromatic rings. The van der Waals surface area contributed by atoms with Crippen LogP contribution in [0.2, 0.25) is 0 Å². The van der Waals surface area contributed by atoms with E-state index >= 15 is 0 Å². The van der Waals surface area contributed by atoms with Crippen LogP contribution in [0, 0.1) is 12.3 Å². The summed E-state index contributed by atoms with van der Waals surface area (Å²) in [6.07, 6.45) is 0.811. The molecule has 0 saturated heterocycles. The quantitative estimate of drug-likeness (QED) is 0.856. The molecule has 0 aromatic heterocycles. The van der Waals surface area contributed by atoms with Gasteiger partial charge in [-0.25, -0.2) is 0 Å². The zero-order chi connectivity index (χ0) is 18.9. The van der Waals surface area contributed by atoms with Gasteiger partial charge < -0.3 is 15.0 Å². The van der Waals surface area contributed by atoms with Gasteiger partial charge in [0.15, 0.2) is 0 Å². The first-order valence-corrected chi connectivity index (χ1v) is 8.70. The van der Waals surface area contributed by atoms with Crippen molar-refractivity contribution in [3.8, 4) is 5.75 Å². The Bertz CT molecular complexity index is 858. The predicted octanol–water partition coefficient (Wildman–Crippen LogP) is 3.56. The van der Waals surface area contributed by atoms with Crippen molar-refractivity contribution in [3.63, 3.8) is 0 Å². The first kappa shape index (κ1) is 18.0. The number of nitrogens with zero attached hydrogens (tertiary/aromatic N) is 1. The molecule has 0 atom stereocenters. The SMILES string of the molecule is COc1ccc(C)cc1NC(=O)C(C)(C)C(=O)N1CCc2ccccc21. The minimum Gasteiger partial charge on any atom is -0.495 e. The van der Waals surface area contributed by atoms with Crippen molar-refractivity contribution in [2.45, 2.75) is 27.2 Å². The van der Waals surface area contributed by atoms with Crippen LogP contribution < -0.4 is 15.0 Å². The van der Waals surface area contributed by atoms with Gasteiger partial charge in [-0.3, -0.25) is 9.59 Å².